The number of hydrogen-bond donors (Lipinski definition) is 1. The quantitative estimate of drug-likeness (QED) is 0.920. The minimum atomic E-state index is 0.669. The topological polar surface area (TPSA) is 55.0 Å². The molecule has 2 aliphatic rings. The minimum absolute atomic E-state index is 0.669. The molecule has 1 saturated heterocycles. The lowest BCUT2D eigenvalue weighted by atomic mass is 9.75. The summed E-state index contributed by atoms with van der Waals surface area (Å²) in [5.74, 6) is 3.59. The summed E-state index contributed by atoms with van der Waals surface area (Å²) in [6, 6.07) is 0. The van der Waals surface area contributed by atoms with Gasteiger partial charge in [-0.1, -0.05) is 32.6 Å². The fourth-order valence-corrected chi connectivity index (χ4v) is 3.97. The number of nitrogens with zero attached hydrogens (tertiary/aromatic N) is 3. The van der Waals surface area contributed by atoms with Crippen molar-refractivity contribution in [1.82, 2.24) is 9.97 Å². The van der Waals surface area contributed by atoms with Crippen molar-refractivity contribution in [3.05, 3.63) is 11.9 Å². The molecule has 1 saturated carbocycles. The molecule has 2 N–H and O–H groups in total. The fourth-order valence-electron chi connectivity index (χ4n) is 3.97. The number of hydrogen-bond acceptors (Lipinski definition) is 4. The van der Waals surface area contributed by atoms with Crippen molar-refractivity contribution in [2.75, 3.05) is 23.7 Å². The third-order valence-electron chi connectivity index (χ3n) is 5.05. The van der Waals surface area contributed by atoms with Crippen molar-refractivity contribution in [2.45, 2.75) is 51.9 Å². The maximum atomic E-state index is 6.07. The predicted octanol–water partition coefficient (Wildman–Crippen LogP) is 3.03. The Labute approximate surface area is 121 Å². The highest BCUT2D eigenvalue weighted by Crippen LogP contribution is 2.38. The van der Waals surface area contributed by atoms with Crippen LogP contribution in [-0.2, 0) is 6.42 Å². The van der Waals surface area contributed by atoms with Gasteiger partial charge in [0.1, 0.15) is 18.0 Å². The molecule has 1 aromatic heterocycles. The Bertz CT molecular complexity index is 460. The molecule has 4 heteroatoms. The van der Waals surface area contributed by atoms with E-state index in [2.05, 4.69) is 21.8 Å². The number of piperidine rings is 1. The van der Waals surface area contributed by atoms with Crippen molar-refractivity contribution in [3.63, 3.8) is 0 Å². The van der Waals surface area contributed by atoms with Crippen LogP contribution in [-0.4, -0.2) is 23.1 Å². The molecule has 3 rings (SSSR count). The zero-order valence-corrected chi connectivity index (χ0v) is 12.5. The third kappa shape index (κ3) is 2.60. The van der Waals surface area contributed by atoms with Crippen LogP contribution in [0, 0.1) is 11.8 Å². The van der Waals surface area contributed by atoms with Crippen LogP contribution in [0.2, 0.25) is 0 Å². The molecule has 2 atom stereocenters. The second kappa shape index (κ2) is 5.98. The van der Waals surface area contributed by atoms with E-state index in [4.69, 9.17) is 5.73 Å². The van der Waals surface area contributed by atoms with Crippen LogP contribution < -0.4 is 10.6 Å². The molecule has 0 spiro atoms. The van der Waals surface area contributed by atoms with Crippen LogP contribution in [0.3, 0.4) is 0 Å². The Hall–Kier alpha value is -1.32. The fraction of sp³-hybridized carbons (Fsp3) is 0.750. The van der Waals surface area contributed by atoms with Crippen molar-refractivity contribution in [1.29, 1.82) is 0 Å². The van der Waals surface area contributed by atoms with E-state index in [1.54, 1.807) is 6.33 Å². The van der Waals surface area contributed by atoms with E-state index in [9.17, 15) is 0 Å². The van der Waals surface area contributed by atoms with E-state index < -0.39 is 0 Å². The first-order chi connectivity index (χ1) is 9.79. The standard InChI is InChI=1S/C16H26N4/c1-2-5-14-15(17)18-11-19-16(14)20-9-8-12-6-3-4-7-13(12)10-20/h11-13H,2-10H2,1H3,(H2,17,18,19). The van der Waals surface area contributed by atoms with Gasteiger partial charge in [-0.25, -0.2) is 9.97 Å². The van der Waals surface area contributed by atoms with E-state index in [1.807, 2.05) is 0 Å². The molecule has 1 aliphatic heterocycles. The summed E-state index contributed by atoms with van der Waals surface area (Å²) < 4.78 is 0. The minimum Gasteiger partial charge on any atom is -0.383 e. The molecule has 110 valence electrons. The first kappa shape index (κ1) is 13.7. The summed E-state index contributed by atoms with van der Waals surface area (Å²) in [5, 5.41) is 0. The van der Waals surface area contributed by atoms with Crippen LogP contribution in [0.4, 0.5) is 11.6 Å². The Morgan fingerprint density at radius 2 is 2.00 bits per heavy atom. The average Bonchev–Trinajstić information content (AvgIpc) is 2.49. The van der Waals surface area contributed by atoms with E-state index >= 15 is 0 Å². The maximum absolute atomic E-state index is 6.07. The van der Waals surface area contributed by atoms with Gasteiger partial charge in [0.05, 0.1) is 0 Å². The Balaban J connectivity index is 1.81. The first-order valence-corrected chi connectivity index (χ1v) is 8.14. The van der Waals surface area contributed by atoms with Gasteiger partial charge in [-0.2, -0.15) is 0 Å². The molecular formula is C16H26N4. The van der Waals surface area contributed by atoms with Crippen LogP contribution in [0.1, 0.15) is 51.0 Å². The lowest BCUT2D eigenvalue weighted by molar-refractivity contribution is 0.202. The van der Waals surface area contributed by atoms with Gasteiger partial charge in [0.15, 0.2) is 0 Å². The number of rotatable bonds is 3. The van der Waals surface area contributed by atoms with Crippen LogP contribution in [0.15, 0.2) is 6.33 Å². The molecule has 0 radical (unpaired) electrons. The maximum Gasteiger partial charge on any atom is 0.137 e. The van der Waals surface area contributed by atoms with Gasteiger partial charge in [-0.3, -0.25) is 0 Å². The number of fused-ring (bicyclic) bond motifs is 1. The zero-order chi connectivity index (χ0) is 13.9. The highest BCUT2D eigenvalue weighted by atomic mass is 15.2. The molecule has 2 heterocycles. The highest BCUT2D eigenvalue weighted by molar-refractivity contribution is 5.57. The van der Waals surface area contributed by atoms with Crippen LogP contribution in [0.25, 0.3) is 0 Å². The third-order valence-corrected chi connectivity index (χ3v) is 5.05. The number of anilines is 2. The number of nitrogens with two attached hydrogens (primary N) is 1. The average molecular weight is 274 g/mol. The second-order valence-corrected chi connectivity index (χ2v) is 6.35. The normalized spacial score (nSPS) is 26.4. The second-order valence-electron chi connectivity index (χ2n) is 6.35. The molecule has 2 unspecified atom stereocenters. The zero-order valence-electron chi connectivity index (χ0n) is 12.5. The molecule has 20 heavy (non-hydrogen) atoms. The van der Waals surface area contributed by atoms with Gasteiger partial charge < -0.3 is 10.6 Å². The molecule has 0 bridgehead atoms. The van der Waals surface area contributed by atoms with E-state index in [0.29, 0.717) is 5.82 Å². The van der Waals surface area contributed by atoms with Crippen molar-refractivity contribution < 1.29 is 0 Å². The van der Waals surface area contributed by atoms with Crippen molar-refractivity contribution >= 4 is 11.6 Å². The number of aromatic nitrogens is 2. The summed E-state index contributed by atoms with van der Waals surface area (Å²) >= 11 is 0. The molecule has 0 amide bonds. The van der Waals surface area contributed by atoms with Gasteiger partial charge in [0, 0.05) is 18.7 Å². The molecule has 0 aromatic carbocycles. The molecular weight excluding hydrogens is 248 g/mol. The molecule has 1 aliphatic carbocycles. The van der Waals surface area contributed by atoms with Gasteiger partial charge in [-0.05, 0) is 31.1 Å². The smallest absolute Gasteiger partial charge is 0.137 e. The summed E-state index contributed by atoms with van der Waals surface area (Å²) in [4.78, 5) is 11.2. The highest BCUT2D eigenvalue weighted by Gasteiger charge is 2.32. The Morgan fingerprint density at radius 3 is 2.80 bits per heavy atom. The lowest BCUT2D eigenvalue weighted by Gasteiger charge is -2.42. The summed E-state index contributed by atoms with van der Waals surface area (Å²) in [6.07, 6.45) is 10.7. The van der Waals surface area contributed by atoms with Gasteiger partial charge >= 0.3 is 0 Å². The Morgan fingerprint density at radius 1 is 1.20 bits per heavy atom. The molecule has 1 aromatic rings. The molecule has 4 nitrogen and oxygen atoms in total. The SMILES string of the molecule is CCCc1c(N)ncnc1N1CCC2CCCCC2C1. The van der Waals surface area contributed by atoms with Gasteiger partial charge in [0.2, 0.25) is 0 Å². The Kier molecular flexibility index (Phi) is 4.08. The van der Waals surface area contributed by atoms with Crippen LogP contribution in [0.5, 0.6) is 0 Å². The summed E-state index contributed by atoms with van der Waals surface area (Å²) in [5.41, 5.74) is 7.22. The van der Waals surface area contributed by atoms with Crippen molar-refractivity contribution in [3.8, 4) is 0 Å². The van der Waals surface area contributed by atoms with E-state index in [-0.39, 0.29) is 0 Å². The van der Waals surface area contributed by atoms with Crippen molar-refractivity contribution in [2.24, 2.45) is 11.8 Å². The van der Waals surface area contributed by atoms with E-state index in [0.717, 1.165) is 49.1 Å². The largest absolute Gasteiger partial charge is 0.383 e. The molecule has 2 fully saturated rings. The lowest BCUT2D eigenvalue weighted by Crippen LogP contribution is -2.42. The summed E-state index contributed by atoms with van der Waals surface area (Å²) in [6.45, 7) is 4.48. The van der Waals surface area contributed by atoms with Gasteiger partial charge in [0.25, 0.3) is 0 Å². The first-order valence-electron chi connectivity index (χ1n) is 8.14. The van der Waals surface area contributed by atoms with Crippen LogP contribution >= 0.6 is 0 Å². The van der Waals surface area contributed by atoms with Gasteiger partial charge in [-0.15, -0.1) is 0 Å². The monoisotopic (exact) mass is 274 g/mol. The predicted molar refractivity (Wildman–Crippen MR) is 82.7 cm³/mol. The summed E-state index contributed by atoms with van der Waals surface area (Å²) in [7, 11) is 0. The van der Waals surface area contributed by atoms with E-state index in [1.165, 1.54) is 32.1 Å². The number of nitrogen functional groups attached to an aromatic ring is 1.